The number of nitrogen functional groups attached to an aromatic ring is 1. The van der Waals surface area contributed by atoms with Gasteiger partial charge in [0.15, 0.2) is 5.82 Å². The van der Waals surface area contributed by atoms with Gasteiger partial charge >= 0.3 is 0 Å². The number of nitrogens with two attached hydrogens (primary N) is 1. The van der Waals surface area contributed by atoms with Crippen LogP contribution in [0, 0.1) is 0 Å². The molecule has 3 rings (SSSR count). The van der Waals surface area contributed by atoms with Crippen molar-refractivity contribution in [2.24, 2.45) is 7.05 Å². The van der Waals surface area contributed by atoms with Gasteiger partial charge in [-0.3, -0.25) is 9.48 Å². The Hall–Kier alpha value is -1.72. The van der Waals surface area contributed by atoms with Crippen molar-refractivity contribution >= 4 is 17.4 Å². The molecule has 110 valence electrons. The highest BCUT2D eigenvalue weighted by Crippen LogP contribution is 2.31. The summed E-state index contributed by atoms with van der Waals surface area (Å²) in [6.45, 7) is 4.66. The number of carbonyl (C=O) groups excluding carboxylic acids is 1. The number of hydrogen-bond acceptors (Lipinski definition) is 4. The van der Waals surface area contributed by atoms with Gasteiger partial charge in [-0.15, -0.1) is 0 Å². The predicted octanol–water partition coefficient (Wildman–Crippen LogP) is 0.766. The van der Waals surface area contributed by atoms with Crippen LogP contribution in [0.4, 0.5) is 11.5 Å². The predicted molar refractivity (Wildman–Crippen MR) is 78.6 cm³/mol. The van der Waals surface area contributed by atoms with Crippen LogP contribution in [0.3, 0.4) is 0 Å². The Morgan fingerprint density at radius 3 is 2.95 bits per heavy atom. The normalized spacial score (nSPS) is 22.5. The van der Waals surface area contributed by atoms with Crippen LogP contribution in [0.2, 0.25) is 0 Å². The zero-order valence-electron chi connectivity index (χ0n) is 12.3. The van der Waals surface area contributed by atoms with Gasteiger partial charge in [-0.25, -0.2) is 0 Å². The molecule has 2 aliphatic heterocycles. The van der Waals surface area contributed by atoms with Gasteiger partial charge in [-0.2, -0.15) is 5.10 Å². The highest BCUT2D eigenvalue weighted by Gasteiger charge is 2.36. The van der Waals surface area contributed by atoms with Gasteiger partial charge in [0.05, 0.1) is 11.4 Å². The van der Waals surface area contributed by atoms with Gasteiger partial charge in [0.1, 0.15) is 0 Å². The molecular formula is C14H23N5O. The lowest BCUT2D eigenvalue weighted by molar-refractivity contribution is -0.129. The number of nitrogens with zero attached hydrogens (tertiary/aromatic N) is 4. The highest BCUT2D eigenvalue weighted by molar-refractivity contribution is 5.79. The summed E-state index contributed by atoms with van der Waals surface area (Å²) in [7, 11) is 1.96. The Labute approximate surface area is 119 Å². The molecule has 2 fully saturated rings. The number of piperazine rings is 1. The monoisotopic (exact) mass is 277 g/mol. The van der Waals surface area contributed by atoms with E-state index in [0.717, 1.165) is 56.1 Å². The molecule has 0 radical (unpaired) electrons. The lowest BCUT2D eigenvalue weighted by Gasteiger charge is -2.38. The molecule has 2 aliphatic rings. The SMILES string of the molecule is CCCc1nn(C)c(N2CCN3C(=O)CCC3C2)c1N. The highest BCUT2D eigenvalue weighted by atomic mass is 16.2. The number of carbonyl (C=O) groups is 1. The number of aromatic nitrogens is 2. The summed E-state index contributed by atoms with van der Waals surface area (Å²) in [6, 6.07) is 0.347. The van der Waals surface area contributed by atoms with Crippen LogP contribution in [0.5, 0.6) is 0 Å². The molecule has 20 heavy (non-hydrogen) atoms. The fraction of sp³-hybridized carbons (Fsp3) is 0.714. The summed E-state index contributed by atoms with van der Waals surface area (Å²) in [5.74, 6) is 1.33. The van der Waals surface area contributed by atoms with Crippen molar-refractivity contribution in [3.63, 3.8) is 0 Å². The van der Waals surface area contributed by atoms with Gasteiger partial charge in [0.25, 0.3) is 0 Å². The average Bonchev–Trinajstić information content (AvgIpc) is 2.92. The number of fused-ring (bicyclic) bond motifs is 1. The largest absolute Gasteiger partial charge is 0.394 e. The van der Waals surface area contributed by atoms with Crippen LogP contribution in [0.15, 0.2) is 0 Å². The molecule has 0 spiro atoms. The first-order chi connectivity index (χ1) is 9.61. The molecule has 3 heterocycles. The second kappa shape index (κ2) is 5.00. The second-order valence-electron chi connectivity index (χ2n) is 5.78. The van der Waals surface area contributed by atoms with Gasteiger partial charge in [-0.05, 0) is 12.8 Å². The summed E-state index contributed by atoms with van der Waals surface area (Å²) in [6.07, 6.45) is 3.63. The first kappa shape index (κ1) is 13.3. The van der Waals surface area contributed by atoms with Gasteiger partial charge in [0, 0.05) is 39.1 Å². The van der Waals surface area contributed by atoms with Crippen molar-refractivity contribution in [3.8, 4) is 0 Å². The smallest absolute Gasteiger partial charge is 0.223 e. The summed E-state index contributed by atoms with van der Waals surface area (Å²) in [5, 5.41) is 4.55. The fourth-order valence-corrected chi connectivity index (χ4v) is 3.44. The van der Waals surface area contributed by atoms with Crippen molar-refractivity contribution < 1.29 is 4.79 Å². The number of rotatable bonds is 3. The number of aryl methyl sites for hydroxylation is 2. The third kappa shape index (κ3) is 2.03. The van der Waals surface area contributed by atoms with E-state index in [-0.39, 0.29) is 0 Å². The van der Waals surface area contributed by atoms with Gasteiger partial charge < -0.3 is 15.5 Å². The molecule has 0 aliphatic carbocycles. The molecule has 1 unspecified atom stereocenters. The quantitative estimate of drug-likeness (QED) is 0.886. The molecule has 1 aromatic rings. The Kier molecular flexibility index (Phi) is 3.31. The van der Waals surface area contributed by atoms with E-state index in [2.05, 4.69) is 16.9 Å². The maximum Gasteiger partial charge on any atom is 0.223 e. The molecule has 6 heteroatoms. The number of amides is 1. The molecular weight excluding hydrogens is 254 g/mol. The average molecular weight is 277 g/mol. The van der Waals surface area contributed by atoms with E-state index in [4.69, 9.17) is 5.73 Å². The van der Waals surface area contributed by atoms with Crippen LogP contribution >= 0.6 is 0 Å². The Morgan fingerprint density at radius 2 is 2.20 bits per heavy atom. The van der Waals surface area contributed by atoms with Crippen LogP contribution in [-0.2, 0) is 18.3 Å². The first-order valence-electron chi connectivity index (χ1n) is 7.47. The summed E-state index contributed by atoms with van der Waals surface area (Å²) in [4.78, 5) is 16.1. The van der Waals surface area contributed by atoms with E-state index < -0.39 is 0 Å². The van der Waals surface area contributed by atoms with E-state index in [9.17, 15) is 4.79 Å². The van der Waals surface area contributed by atoms with Gasteiger partial charge in [0.2, 0.25) is 5.91 Å². The van der Waals surface area contributed by atoms with Crippen molar-refractivity contribution in [1.82, 2.24) is 14.7 Å². The maximum absolute atomic E-state index is 11.7. The lowest BCUT2D eigenvalue weighted by atomic mass is 10.1. The van der Waals surface area contributed by atoms with E-state index in [1.807, 2.05) is 16.6 Å². The van der Waals surface area contributed by atoms with Crippen LogP contribution in [0.1, 0.15) is 31.9 Å². The Morgan fingerprint density at radius 1 is 1.40 bits per heavy atom. The van der Waals surface area contributed by atoms with Gasteiger partial charge in [-0.1, -0.05) is 13.3 Å². The van der Waals surface area contributed by atoms with Crippen LogP contribution in [0.25, 0.3) is 0 Å². The van der Waals surface area contributed by atoms with E-state index >= 15 is 0 Å². The standard InChI is InChI=1S/C14H23N5O/c1-3-4-11-13(15)14(17(2)16-11)18-7-8-19-10(9-18)5-6-12(19)20/h10H,3-9,15H2,1-2H3. The summed E-state index contributed by atoms with van der Waals surface area (Å²) >= 11 is 0. The minimum atomic E-state index is 0.305. The van der Waals surface area contributed by atoms with Crippen molar-refractivity contribution in [2.75, 3.05) is 30.3 Å². The Bertz CT molecular complexity index is 524. The van der Waals surface area contributed by atoms with Crippen LogP contribution in [-0.4, -0.2) is 46.3 Å². The molecule has 0 saturated carbocycles. The van der Waals surface area contributed by atoms with Crippen LogP contribution < -0.4 is 10.6 Å². The van der Waals surface area contributed by atoms with Crippen molar-refractivity contribution in [2.45, 2.75) is 38.6 Å². The van der Waals surface area contributed by atoms with E-state index in [1.54, 1.807) is 0 Å². The topological polar surface area (TPSA) is 67.4 Å². The van der Waals surface area contributed by atoms with Crippen molar-refractivity contribution in [1.29, 1.82) is 0 Å². The molecule has 0 bridgehead atoms. The number of anilines is 2. The zero-order valence-corrected chi connectivity index (χ0v) is 12.3. The minimum absolute atomic E-state index is 0.305. The molecule has 1 atom stereocenters. The summed E-state index contributed by atoms with van der Waals surface area (Å²) in [5.41, 5.74) is 8.09. The maximum atomic E-state index is 11.7. The first-order valence-corrected chi connectivity index (χ1v) is 7.47. The van der Waals surface area contributed by atoms with E-state index in [1.165, 1.54) is 0 Å². The minimum Gasteiger partial charge on any atom is -0.394 e. The number of hydrogen-bond donors (Lipinski definition) is 1. The molecule has 1 aromatic heterocycles. The zero-order chi connectivity index (χ0) is 14.3. The Balaban J connectivity index is 1.82. The third-order valence-corrected chi connectivity index (χ3v) is 4.41. The molecule has 2 saturated heterocycles. The second-order valence-corrected chi connectivity index (χ2v) is 5.78. The fourth-order valence-electron chi connectivity index (χ4n) is 3.44. The summed E-state index contributed by atoms with van der Waals surface area (Å²) < 4.78 is 1.90. The molecule has 1 amide bonds. The molecule has 2 N–H and O–H groups in total. The van der Waals surface area contributed by atoms with E-state index in [0.29, 0.717) is 18.4 Å². The third-order valence-electron chi connectivity index (χ3n) is 4.41. The van der Waals surface area contributed by atoms with Crippen molar-refractivity contribution in [3.05, 3.63) is 5.69 Å². The molecule has 0 aromatic carbocycles. The molecule has 6 nitrogen and oxygen atoms in total. The lowest BCUT2D eigenvalue weighted by Crippen LogP contribution is -2.52.